The van der Waals surface area contributed by atoms with Gasteiger partial charge in [-0.1, -0.05) is 66.2 Å². The van der Waals surface area contributed by atoms with Gasteiger partial charge in [0.15, 0.2) is 5.76 Å². The highest BCUT2D eigenvalue weighted by atomic mass is 16.5. The molecule has 106 valence electrons. The van der Waals surface area contributed by atoms with Crippen LogP contribution in [-0.4, -0.2) is 5.16 Å². The minimum Gasteiger partial charge on any atom is -0.355 e. The Hall–Kier alpha value is -2.35. The molecule has 0 atom stereocenters. The monoisotopic (exact) mass is 277 g/mol. The highest BCUT2D eigenvalue weighted by Crippen LogP contribution is 2.35. The van der Waals surface area contributed by atoms with Crippen LogP contribution in [0, 0.1) is 13.8 Å². The van der Waals surface area contributed by atoms with Crippen LogP contribution < -0.4 is 0 Å². The summed E-state index contributed by atoms with van der Waals surface area (Å²) in [5.41, 5.74) is 6.81. The van der Waals surface area contributed by atoms with Crippen molar-refractivity contribution in [3.63, 3.8) is 0 Å². The topological polar surface area (TPSA) is 26.0 Å². The van der Waals surface area contributed by atoms with Gasteiger partial charge in [-0.05, 0) is 31.4 Å². The van der Waals surface area contributed by atoms with Gasteiger partial charge < -0.3 is 4.52 Å². The fourth-order valence-corrected chi connectivity index (χ4v) is 2.52. The van der Waals surface area contributed by atoms with E-state index in [0.29, 0.717) is 0 Å². The average molecular weight is 277 g/mol. The number of hydrogen-bond donors (Lipinski definition) is 0. The fourth-order valence-electron chi connectivity index (χ4n) is 2.52. The number of hydrogen-bond acceptors (Lipinski definition) is 2. The van der Waals surface area contributed by atoms with E-state index in [0.717, 1.165) is 34.6 Å². The van der Waals surface area contributed by atoms with Crippen molar-refractivity contribution >= 4 is 0 Å². The third-order valence-corrected chi connectivity index (χ3v) is 3.83. The lowest BCUT2D eigenvalue weighted by Crippen LogP contribution is -1.85. The van der Waals surface area contributed by atoms with E-state index < -0.39 is 0 Å². The molecule has 0 saturated heterocycles. The van der Waals surface area contributed by atoms with E-state index in [9.17, 15) is 0 Å². The van der Waals surface area contributed by atoms with E-state index in [1.54, 1.807) is 0 Å². The fraction of sp³-hybridized carbons (Fsp3) is 0.211. The number of rotatable bonds is 3. The van der Waals surface area contributed by atoms with Crippen LogP contribution in [0.3, 0.4) is 0 Å². The molecule has 0 amide bonds. The lowest BCUT2D eigenvalue weighted by Gasteiger charge is -2.05. The molecule has 2 aromatic carbocycles. The molecule has 0 aliphatic heterocycles. The van der Waals surface area contributed by atoms with Crippen LogP contribution in [0.4, 0.5) is 0 Å². The summed E-state index contributed by atoms with van der Waals surface area (Å²) >= 11 is 0. The number of benzene rings is 2. The van der Waals surface area contributed by atoms with Crippen LogP contribution in [0.15, 0.2) is 53.1 Å². The van der Waals surface area contributed by atoms with Crippen molar-refractivity contribution in [1.82, 2.24) is 5.16 Å². The molecule has 2 nitrogen and oxygen atoms in total. The first kappa shape index (κ1) is 13.6. The van der Waals surface area contributed by atoms with E-state index in [1.807, 2.05) is 6.92 Å². The second-order valence-electron chi connectivity index (χ2n) is 5.39. The second kappa shape index (κ2) is 5.57. The molecule has 0 aliphatic carbocycles. The maximum absolute atomic E-state index is 5.58. The molecule has 0 saturated carbocycles. The Kier molecular flexibility index (Phi) is 3.61. The average Bonchev–Trinajstić information content (AvgIpc) is 2.90. The zero-order chi connectivity index (χ0) is 14.8. The highest BCUT2D eigenvalue weighted by molar-refractivity contribution is 5.81. The first-order chi connectivity index (χ1) is 10.2. The summed E-state index contributed by atoms with van der Waals surface area (Å²) in [6.45, 7) is 6.24. The van der Waals surface area contributed by atoms with E-state index in [-0.39, 0.29) is 0 Å². The van der Waals surface area contributed by atoms with Gasteiger partial charge in [0.05, 0.1) is 11.3 Å². The molecule has 0 aliphatic rings. The predicted molar refractivity (Wildman–Crippen MR) is 86.2 cm³/mol. The van der Waals surface area contributed by atoms with Crippen LogP contribution >= 0.6 is 0 Å². The molecule has 0 bridgehead atoms. The van der Waals surface area contributed by atoms with Crippen molar-refractivity contribution in [2.45, 2.75) is 27.2 Å². The summed E-state index contributed by atoms with van der Waals surface area (Å²) in [6, 6.07) is 17.0. The standard InChI is InChI=1S/C19H19NO/c1-4-15-7-11-16(12-8-15)18-14(3)20-21-19(18)17-9-5-13(2)6-10-17/h5-12H,4H2,1-3H3. The van der Waals surface area contributed by atoms with Gasteiger partial charge in [0.25, 0.3) is 0 Å². The molecule has 3 rings (SSSR count). The van der Waals surface area contributed by atoms with Crippen molar-refractivity contribution in [1.29, 1.82) is 0 Å². The summed E-state index contributed by atoms with van der Waals surface area (Å²) in [4.78, 5) is 0. The van der Waals surface area contributed by atoms with Crippen LogP contribution in [-0.2, 0) is 6.42 Å². The molecule has 0 radical (unpaired) electrons. The third kappa shape index (κ3) is 2.62. The Morgan fingerprint density at radius 1 is 0.857 bits per heavy atom. The predicted octanol–water partition coefficient (Wildman–Crippen LogP) is 5.19. The Morgan fingerprint density at radius 3 is 2.10 bits per heavy atom. The molecule has 21 heavy (non-hydrogen) atoms. The summed E-state index contributed by atoms with van der Waals surface area (Å²) in [5.74, 6) is 0.844. The Bertz CT molecular complexity index is 736. The first-order valence-corrected chi connectivity index (χ1v) is 7.31. The Labute approximate surface area is 125 Å². The molecule has 1 heterocycles. The molecule has 0 N–H and O–H groups in total. The van der Waals surface area contributed by atoms with E-state index in [1.165, 1.54) is 11.1 Å². The first-order valence-electron chi connectivity index (χ1n) is 7.31. The van der Waals surface area contributed by atoms with Gasteiger partial charge in [-0.25, -0.2) is 0 Å². The summed E-state index contributed by atoms with van der Waals surface area (Å²) in [6.07, 6.45) is 1.05. The zero-order valence-electron chi connectivity index (χ0n) is 12.7. The maximum atomic E-state index is 5.58. The van der Waals surface area contributed by atoms with Crippen molar-refractivity contribution in [3.8, 4) is 22.5 Å². The molecule has 3 aromatic rings. The van der Waals surface area contributed by atoms with Crippen molar-refractivity contribution in [2.24, 2.45) is 0 Å². The normalized spacial score (nSPS) is 10.8. The molecule has 1 aromatic heterocycles. The smallest absolute Gasteiger partial charge is 0.174 e. The molecule has 0 unspecified atom stereocenters. The van der Waals surface area contributed by atoms with Crippen molar-refractivity contribution in [2.75, 3.05) is 0 Å². The second-order valence-corrected chi connectivity index (χ2v) is 5.39. The lowest BCUT2D eigenvalue weighted by molar-refractivity contribution is 0.427. The van der Waals surface area contributed by atoms with Crippen LogP contribution in [0.2, 0.25) is 0 Å². The molecular weight excluding hydrogens is 258 g/mol. The minimum absolute atomic E-state index is 0.844. The van der Waals surface area contributed by atoms with Crippen LogP contribution in [0.1, 0.15) is 23.7 Å². The summed E-state index contributed by atoms with van der Waals surface area (Å²) in [7, 11) is 0. The Balaban J connectivity index is 2.09. The molecule has 0 spiro atoms. The van der Waals surface area contributed by atoms with Gasteiger partial charge in [0.2, 0.25) is 0 Å². The lowest BCUT2D eigenvalue weighted by atomic mass is 9.98. The quantitative estimate of drug-likeness (QED) is 0.658. The van der Waals surface area contributed by atoms with Gasteiger partial charge in [0.1, 0.15) is 0 Å². The number of nitrogens with zero attached hydrogens (tertiary/aromatic N) is 1. The zero-order valence-corrected chi connectivity index (χ0v) is 12.7. The molecule has 2 heteroatoms. The van der Waals surface area contributed by atoms with E-state index >= 15 is 0 Å². The van der Waals surface area contributed by atoms with E-state index in [4.69, 9.17) is 4.52 Å². The Morgan fingerprint density at radius 2 is 1.48 bits per heavy atom. The van der Waals surface area contributed by atoms with Crippen molar-refractivity contribution in [3.05, 3.63) is 65.4 Å². The molecule has 0 fully saturated rings. The SMILES string of the molecule is CCc1ccc(-c2c(C)noc2-c2ccc(C)cc2)cc1. The number of aromatic nitrogens is 1. The highest BCUT2D eigenvalue weighted by Gasteiger charge is 2.16. The minimum atomic E-state index is 0.844. The summed E-state index contributed by atoms with van der Waals surface area (Å²) in [5, 5.41) is 4.16. The third-order valence-electron chi connectivity index (χ3n) is 3.83. The van der Waals surface area contributed by atoms with Gasteiger partial charge in [-0.2, -0.15) is 0 Å². The van der Waals surface area contributed by atoms with Gasteiger partial charge in [-0.15, -0.1) is 0 Å². The van der Waals surface area contributed by atoms with Crippen molar-refractivity contribution < 1.29 is 4.52 Å². The largest absolute Gasteiger partial charge is 0.355 e. The van der Waals surface area contributed by atoms with Gasteiger partial charge in [-0.3, -0.25) is 0 Å². The summed E-state index contributed by atoms with van der Waals surface area (Å²) < 4.78 is 5.58. The van der Waals surface area contributed by atoms with E-state index in [2.05, 4.69) is 67.5 Å². The molecular formula is C19H19NO. The van der Waals surface area contributed by atoms with Gasteiger partial charge in [0, 0.05) is 5.56 Å². The van der Waals surface area contributed by atoms with Crippen LogP contribution in [0.25, 0.3) is 22.5 Å². The van der Waals surface area contributed by atoms with Gasteiger partial charge >= 0.3 is 0 Å². The van der Waals surface area contributed by atoms with Crippen LogP contribution in [0.5, 0.6) is 0 Å². The number of aryl methyl sites for hydroxylation is 3. The maximum Gasteiger partial charge on any atom is 0.174 e.